The van der Waals surface area contributed by atoms with Gasteiger partial charge in [0.1, 0.15) is 5.15 Å². The zero-order chi connectivity index (χ0) is 23.1. The molecule has 0 aliphatic heterocycles. The fourth-order valence-corrected chi connectivity index (χ4v) is 4.41. The van der Waals surface area contributed by atoms with Crippen molar-refractivity contribution in [3.05, 3.63) is 52.6 Å². The zero-order valence-corrected chi connectivity index (χ0v) is 19.9. The molecule has 0 aliphatic rings. The largest absolute Gasteiger partial charge is 0.466 e. The molecule has 1 unspecified atom stereocenters. The molecule has 1 N–H and O–H groups in total. The summed E-state index contributed by atoms with van der Waals surface area (Å²) in [5.74, 6) is -0.0922. The molecule has 3 aromatic heterocycles. The van der Waals surface area contributed by atoms with Crippen LogP contribution in [-0.2, 0) is 39.9 Å². The van der Waals surface area contributed by atoms with Crippen LogP contribution in [0.1, 0.15) is 50.1 Å². The maximum atomic E-state index is 11.7. The van der Waals surface area contributed by atoms with Crippen LogP contribution in [0.15, 0.2) is 30.5 Å². The van der Waals surface area contributed by atoms with Crippen LogP contribution >= 0.6 is 11.6 Å². The van der Waals surface area contributed by atoms with Crippen LogP contribution in [0.3, 0.4) is 0 Å². The lowest BCUT2D eigenvalue weighted by Crippen LogP contribution is -2.12. The van der Waals surface area contributed by atoms with Crippen molar-refractivity contribution in [2.24, 2.45) is 0 Å². The molecule has 9 heteroatoms. The van der Waals surface area contributed by atoms with Crippen LogP contribution in [0, 0.1) is 0 Å². The highest BCUT2D eigenvalue weighted by Crippen LogP contribution is 2.33. The molecule has 1 atom stereocenters. The van der Waals surface area contributed by atoms with E-state index in [1.54, 1.807) is 13.1 Å². The molecule has 3 rings (SSSR count). The second-order valence-electron chi connectivity index (χ2n) is 7.43. The minimum atomic E-state index is -1.92. The summed E-state index contributed by atoms with van der Waals surface area (Å²) in [5, 5.41) is 5.26. The molecular formula is C23H28ClN3O4S. The highest BCUT2D eigenvalue weighted by atomic mass is 35.5. The lowest BCUT2D eigenvalue weighted by Gasteiger charge is -2.17. The summed E-state index contributed by atoms with van der Waals surface area (Å²) in [4.78, 5) is 15.8. The molecule has 3 heterocycles. The molecule has 3 aromatic rings. The lowest BCUT2D eigenvalue weighted by atomic mass is 9.94. The van der Waals surface area contributed by atoms with Crippen LogP contribution in [0.2, 0.25) is 5.15 Å². The molecule has 7 nitrogen and oxygen atoms in total. The van der Waals surface area contributed by atoms with E-state index in [2.05, 4.69) is 11.9 Å². The third-order valence-corrected chi connectivity index (χ3v) is 6.07. The van der Waals surface area contributed by atoms with E-state index < -0.39 is 11.1 Å². The summed E-state index contributed by atoms with van der Waals surface area (Å²) >= 11 is 4.29. The van der Waals surface area contributed by atoms with Crippen molar-refractivity contribution in [3.63, 3.8) is 0 Å². The van der Waals surface area contributed by atoms with Crippen LogP contribution in [0.25, 0.3) is 16.6 Å². The van der Waals surface area contributed by atoms with E-state index in [9.17, 15) is 13.6 Å². The van der Waals surface area contributed by atoms with E-state index in [-0.39, 0.29) is 11.7 Å². The van der Waals surface area contributed by atoms with Crippen LogP contribution in [0.5, 0.6) is 0 Å². The molecule has 0 spiro atoms. The molecule has 0 aromatic carbocycles. The van der Waals surface area contributed by atoms with Gasteiger partial charge in [-0.1, -0.05) is 18.5 Å². The van der Waals surface area contributed by atoms with E-state index in [1.165, 1.54) is 0 Å². The Morgan fingerprint density at radius 1 is 1.22 bits per heavy atom. The van der Waals surface area contributed by atoms with Crippen molar-refractivity contribution < 1.29 is 18.3 Å². The van der Waals surface area contributed by atoms with E-state index in [4.69, 9.17) is 21.4 Å². The number of halogens is 1. The topological polar surface area (TPSA) is 93.8 Å². The lowest BCUT2D eigenvalue weighted by molar-refractivity contribution is -0.143. The number of unbranched alkanes of at least 4 members (excludes halogenated alkanes) is 1. The number of hydrogen-bond acceptors (Lipinski definition) is 5. The first-order valence-corrected chi connectivity index (χ1v) is 12.5. The number of carbonyl (C=O) groups excluding carboxylic acids is 1. The SMILES string of the molecule is CCOC(=O)CCCCc1c(CCS(=O)O)nn2c(CC)ccc2c1-c1ccnc(Cl)c1. The first kappa shape index (κ1) is 24.4. The smallest absolute Gasteiger partial charge is 0.305 e. The zero-order valence-electron chi connectivity index (χ0n) is 18.3. The molecule has 0 aliphatic carbocycles. The van der Waals surface area contributed by atoms with Gasteiger partial charge in [0.05, 0.1) is 23.6 Å². The van der Waals surface area contributed by atoms with Gasteiger partial charge in [-0.15, -0.1) is 0 Å². The van der Waals surface area contributed by atoms with Crippen molar-refractivity contribution in [2.45, 2.75) is 52.4 Å². The average Bonchev–Trinajstić information content (AvgIpc) is 3.17. The van der Waals surface area contributed by atoms with Crippen LogP contribution in [-0.4, -0.2) is 41.7 Å². The first-order valence-electron chi connectivity index (χ1n) is 10.8. The van der Waals surface area contributed by atoms with Gasteiger partial charge < -0.3 is 9.29 Å². The number of aryl methyl sites for hydroxylation is 2. The Labute approximate surface area is 195 Å². The molecule has 0 bridgehead atoms. The number of pyridine rings is 1. The standard InChI is InChI=1S/C23H28ClN3O4S/c1-3-17-9-10-20-23(16-11-13-25-21(24)15-16)18(7-5-6-8-22(28)31-4-2)19(26-27(17)20)12-14-32(29)30/h9-11,13,15H,3-8,12,14H2,1-2H3,(H,29,30). The van der Waals surface area contributed by atoms with Gasteiger partial charge >= 0.3 is 5.97 Å². The van der Waals surface area contributed by atoms with Gasteiger partial charge in [0.2, 0.25) is 0 Å². The van der Waals surface area contributed by atoms with E-state index in [1.807, 2.05) is 28.8 Å². The second kappa shape index (κ2) is 11.5. The Hall–Kier alpha value is -2.29. The Morgan fingerprint density at radius 2 is 2.03 bits per heavy atom. The van der Waals surface area contributed by atoms with Crippen molar-refractivity contribution in [1.82, 2.24) is 14.6 Å². The Balaban J connectivity index is 2.07. The van der Waals surface area contributed by atoms with Gasteiger partial charge in [-0.25, -0.2) is 13.7 Å². The molecule has 0 fully saturated rings. The van der Waals surface area contributed by atoms with Gasteiger partial charge in [0.15, 0.2) is 11.1 Å². The number of aromatic nitrogens is 3. The van der Waals surface area contributed by atoms with E-state index >= 15 is 0 Å². The summed E-state index contributed by atoms with van der Waals surface area (Å²) in [6.45, 7) is 4.24. The normalized spacial score (nSPS) is 12.2. The number of rotatable bonds is 11. The van der Waals surface area contributed by atoms with Gasteiger partial charge in [0.25, 0.3) is 0 Å². The molecule has 0 amide bonds. The summed E-state index contributed by atoms with van der Waals surface area (Å²) in [7, 11) is 0. The minimum Gasteiger partial charge on any atom is -0.466 e. The van der Waals surface area contributed by atoms with Gasteiger partial charge in [-0.3, -0.25) is 4.79 Å². The maximum absolute atomic E-state index is 11.7. The second-order valence-corrected chi connectivity index (χ2v) is 8.87. The van der Waals surface area contributed by atoms with E-state index in [0.29, 0.717) is 37.4 Å². The summed E-state index contributed by atoms with van der Waals surface area (Å²) < 4.78 is 27.7. The summed E-state index contributed by atoms with van der Waals surface area (Å²) in [6.07, 6.45) is 5.35. The molecule has 0 saturated carbocycles. The highest BCUT2D eigenvalue weighted by molar-refractivity contribution is 7.79. The average molecular weight is 478 g/mol. The van der Waals surface area contributed by atoms with Gasteiger partial charge in [-0.2, -0.15) is 5.10 Å². The molecule has 0 radical (unpaired) electrons. The molecular weight excluding hydrogens is 450 g/mol. The van der Waals surface area contributed by atoms with Crippen LogP contribution in [0.4, 0.5) is 0 Å². The Bertz CT molecular complexity index is 1120. The highest BCUT2D eigenvalue weighted by Gasteiger charge is 2.19. The number of nitrogens with zero attached hydrogens (tertiary/aromatic N) is 3. The Kier molecular flexibility index (Phi) is 8.78. The number of carbonyl (C=O) groups is 1. The molecule has 172 valence electrons. The van der Waals surface area contributed by atoms with Crippen molar-refractivity contribution in [2.75, 3.05) is 12.4 Å². The first-order chi connectivity index (χ1) is 15.4. The van der Waals surface area contributed by atoms with Crippen LogP contribution < -0.4 is 0 Å². The maximum Gasteiger partial charge on any atom is 0.305 e. The third-order valence-electron chi connectivity index (χ3n) is 5.31. The fraction of sp³-hybridized carbons (Fsp3) is 0.435. The van der Waals surface area contributed by atoms with E-state index in [0.717, 1.165) is 46.4 Å². The van der Waals surface area contributed by atoms with Crippen molar-refractivity contribution in [1.29, 1.82) is 0 Å². The van der Waals surface area contributed by atoms with Crippen molar-refractivity contribution in [3.8, 4) is 11.1 Å². The predicted octanol–water partition coefficient (Wildman–Crippen LogP) is 4.65. The predicted molar refractivity (Wildman–Crippen MR) is 126 cm³/mol. The van der Waals surface area contributed by atoms with Gasteiger partial charge in [0, 0.05) is 30.3 Å². The summed E-state index contributed by atoms with van der Waals surface area (Å²) in [5.41, 5.74) is 5.73. The van der Waals surface area contributed by atoms with Crippen molar-refractivity contribution >= 4 is 34.2 Å². The molecule has 32 heavy (non-hydrogen) atoms. The number of esters is 1. The number of hydrogen-bond donors (Lipinski definition) is 1. The Morgan fingerprint density at radius 3 is 2.72 bits per heavy atom. The fourth-order valence-electron chi connectivity index (χ4n) is 3.86. The third kappa shape index (κ3) is 5.94. The van der Waals surface area contributed by atoms with Gasteiger partial charge in [-0.05, 0) is 68.0 Å². The quantitative estimate of drug-likeness (QED) is 0.187. The summed E-state index contributed by atoms with van der Waals surface area (Å²) in [6, 6.07) is 7.83. The molecule has 0 saturated heterocycles. The monoisotopic (exact) mass is 477 g/mol. The minimum absolute atomic E-state index is 0.105. The number of ether oxygens (including phenoxy) is 1. The number of fused-ring (bicyclic) bond motifs is 1.